The van der Waals surface area contributed by atoms with Crippen LogP contribution in [0.3, 0.4) is 0 Å². The van der Waals surface area contributed by atoms with Crippen LogP contribution in [0.5, 0.6) is 0 Å². The third-order valence-electron chi connectivity index (χ3n) is 4.56. The van der Waals surface area contributed by atoms with Crippen molar-refractivity contribution in [2.45, 2.75) is 48.0 Å². The summed E-state index contributed by atoms with van der Waals surface area (Å²) in [6.45, 7) is 12.6. The first kappa shape index (κ1) is 15.0. The van der Waals surface area contributed by atoms with Crippen LogP contribution in [0.4, 0.5) is 0 Å². The average Bonchev–Trinajstić information content (AvgIpc) is 2.91. The van der Waals surface area contributed by atoms with E-state index in [4.69, 9.17) is 0 Å². The number of hydrogen-bond acceptors (Lipinski definition) is 2. The van der Waals surface area contributed by atoms with Gasteiger partial charge in [0.2, 0.25) is 5.78 Å². The van der Waals surface area contributed by atoms with E-state index in [0.717, 1.165) is 33.6 Å². The van der Waals surface area contributed by atoms with Gasteiger partial charge in [-0.15, -0.1) is 11.3 Å². The van der Waals surface area contributed by atoms with Crippen molar-refractivity contribution in [3.63, 3.8) is 0 Å². The smallest absolute Gasteiger partial charge is 0.203 e. The zero-order chi connectivity index (χ0) is 15.0. The minimum atomic E-state index is 0.193. The van der Waals surface area contributed by atoms with Crippen LogP contribution in [0.1, 0.15) is 55.5 Å². The molecule has 1 aromatic heterocycles. The molecule has 0 saturated carbocycles. The molecule has 0 aliphatic heterocycles. The lowest BCUT2D eigenvalue weighted by Crippen LogP contribution is -2.10. The highest BCUT2D eigenvalue weighted by molar-refractivity contribution is 7.12. The molecule has 0 saturated heterocycles. The van der Waals surface area contributed by atoms with E-state index in [-0.39, 0.29) is 5.78 Å². The van der Waals surface area contributed by atoms with E-state index in [0.29, 0.717) is 0 Å². The van der Waals surface area contributed by atoms with Gasteiger partial charge in [-0.3, -0.25) is 4.79 Å². The number of thiophene rings is 1. The van der Waals surface area contributed by atoms with Gasteiger partial charge in [-0.2, -0.15) is 0 Å². The summed E-state index contributed by atoms with van der Waals surface area (Å²) in [5.41, 5.74) is 8.12. The van der Waals surface area contributed by atoms with Crippen LogP contribution in [0.2, 0.25) is 0 Å². The number of aryl methyl sites for hydroxylation is 1. The summed E-state index contributed by atoms with van der Waals surface area (Å²) in [7, 11) is 0. The van der Waals surface area contributed by atoms with Gasteiger partial charge in [0.05, 0.1) is 4.88 Å². The number of carbonyl (C=O) groups is 1. The molecule has 2 rings (SSSR count). The molecule has 0 unspecified atom stereocenters. The monoisotopic (exact) mass is 286 g/mol. The van der Waals surface area contributed by atoms with E-state index in [2.05, 4.69) is 47.6 Å². The Balaban J connectivity index is 2.68. The highest BCUT2D eigenvalue weighted by Gasteiger charge is 2.21. The molecule has 2 aromatic rings. The summed E-state index contributed by atoms with van der Waals surface area (Å²) in [6.07, 6.45) is 0.909. The Kier molecular flexibility index (Phi) is 4.14. The first-order valence-electron chi connectivity index (χ1n) is 7.08. The zero-order valence-electron chi connectivity index (χ0n) is 13.2. The Labute approximate surface area is 125 Å². The van der Waals surface area contributed by atoms with Gasteiger partial charge in [0.1, 0.15) is 0 Å². The van der Waals surface area contributed by atoms with Crippen molar-refractivity contribution in [3.8, 4) is 0 Å². The third-order valence-corrected chi connectivity index (χ3v) is 5.52. The van der Waals surface area contributed by atoms with Crippen LogP contribution in [0.15, 0.2) is 11.4 Å². The molecule has 1 heterocycles. The van der Waals surface area contributed by atoms with Crippen molar-refractivity contribution in [2.24, 2.45) is 0 Å². The van der Waals surface area contributed by atoms with Gasteiger partial charge >= 0.3 is 0 Å². The van der Waals surface area contributed by atoms with E-state index in [9.17, 15) is 4.79 Å². The van der Waals surface area contributed by atoms with Crippen molar-refractivity contribution in [2.75, 3.05) is 0 Å². The molecule has 0 amide bonds. The molecular weight excluding hydrogens is 264 g/mol. The van der Waals surface area contributed by atoms with Crippen molar-refractivity contribution in [1.82, 2.24) is 0 Å². The number of benzene rings is 1. The Morgan fingerprint density at radius 1 is 0.950 bits per heavy atom. The minimum Gasteiger partial charge on any atom is -0.288 e. The second kappa shape index (κ2) is 5.53. The Hall–Kier alpha value is -1.41. The SMILES string of the molecule is CCc1ccsc1C(=O)c1c(C)c(C)c(C)c(C)c1C. The summed E-state index contributed by atoms with van der Waals surface area (Å²) in [6, 6.07) is 2.07. The minimum absolute atomic E-state index is 0.193. The molecule has 0 atom stereocenters. The zero-order valence-corrected chi connectivity index (χ0v) is 14.0. The Morgan fingerprint density at radius 3 is 1.95 bits per heavy atom. The average molecular weight is 286 g/mol. The normalized spacial score (nSPS) is 10.9. The van der Waals surface area contributed by atoms with E-state index in [1.54, 1.807) is 11.3 Å². The molecule has 0 spiro atoms. The lowest BCUT2D eigenvalue weighted by Gasteiger charge is -2.17. The maximum atomic E-state index is 13.0. The fraction of sp³-hybridized carbons (Fsp3) is 0.389. The maximum Gasteiger partial charge on any atom is 0.203 e. The second-order valence-electron chi connectivity index (χ2n) is 5.46. The molecule has 0 aliphatic rings. The molecule has 0 radical (unpaired) electrons. The standard InChI is InChI=1S/C18H22OS/c1-7-15-8-9-20-18(15)17(19)16-13(5)11(3)10(2)12(4)14(16)6/h8-9H,7H2,1-6H3. The topological polar surface area (TPSA) is 17.1 Å². The van der Waals surface area contributed by atoms with Crippen LogP contribution in [0.25, 0.3) is 0 Å². The van der Waals surface area contributed by atoms with Gasteiger partial charge < -0.3 is 0 Å². The fourth-order valence-corrected chi connectivity index (χ4v) is 3.71. The molecule has 0 aliphatic carbocycles. The van der Waals surface area contributed by atoms with Gasteiger partial charge in [0.15, 0.2) is 0 Å². The maximum absolute atomic E-state index is 13.0. The summed E-state index contributed by atoms with van der Waals surface area (Å²) < 4.78 is 0. The van der Waals surface area contributed by atoms with Crippen LogP contribution in [-0.2, 0) is 6.42 Å². The van der Waals surface area contributed by atoms with Crippen molar-refractivity contribution < 1.29 is 4.79 Å². The van der Waals surface area contributed by atoms with E-state index >= 15 is 0 Å². The summed E-state index contributed by atoms with van der Waals surface area (Å²) in [4.78, 5) is 13.9. The molecule has 106 valence electrons. The Bertz CT molecular complexity index is 648. The van der Waals surface area contributed by atoms with Gasteiger partial charge in [0, 0.05) is 5.56 Å². The lowest BCUT2D eigenvalue weighted by atomic mass is 9.87. The highest BCUT2D eigenvalue weighted by Crippen LogP contribution is 2.30. The first-order valence-corrected chi connectivity index (χ1v) is 7.96. The molecule has 1 aromatic carbocycles. The molecule has 0 bridgehead atoms. The van der Waals surface area contributed by atoms with E-state index in [1.165, 1.54) is 16.7 Å². The van der Waals surface area contributed by atoms with Crippen LogP contribution < -0.4 is 0 Å². The predicted molar refractivity (Wildman–Crippen MR) is 87.3 cm³/mol. The van der Waals surface area contributed by atoms with Gasteiger partial charge in [-0.1, -0.05) is 6.92 Å². The summed E-state index contributed by atoms with van der Waals surface area (Å²) in [5.74, 6) is 0.193. The van der Waals surface area contributed by atoms with Crippen molar-refractivity contribution in [3.05, 3.63) is 55.3 Å². The number of carbonyl (C=O) groups excluding carboxylic acids is 1. The molecule has 2 heteroatoms. The number of ketones is 1. The third kappa shape index (κ3) is 2.22. The van der Waals surface area contributed by atoms with Crippen LogP contribution in [-0.4, -0.2) is 5.78 Å². The molecule has 1 nitrogen and oxygen atoms in total. The van der Waals surface area contributed by atoms with Crippen LogP contribution >= 0.6 is 11.3 Å². The largest absolute Gasteiger partial charge is 0.288 e. The van der Waals surface area contributed by atoms with Crippen LogP contribution in [0, 0.1) is 34.6 Å². The summed E-state index contributed by atoms with van der Waals surface area (Å²) >= 11 is 1.56. The second-order valence-corrected chi connectivity index (χ2v) is 6.37. The molecule has 20 heavy (non-hydrogen) atoms. The number of rotatable bonds is 3. The van der Waals surface area contributed by atoms with Crippen molar-refractivity contribution in [1.29, 1.82) is 0 Å². The number of hydrogen-bond donors (Lipinski definition) is 0. The first-order chi connectivity index (χ1) is 9.40. The fourth-order valence-electron chi connectivity index (χ4n) is 2.77. The molecule has 0 fully saturated rings. The predicted octanol–water partition coefficient (Wildman–Crippen LogP) is 5.08. The van der Waals surface area contributed by atoms with Gasteiger partial charge in [-0.25, -0.2) is 0 Å². The van der Waals surface area contributed by atoms with Crippen molar-refractivity contribution >= 4 is 17.1 Å². The molecular formula is C18H22OS. The lowest BCUT2D eigenvalue weighted by molar-refractivity contribution is 0.104. The quantitative estimate of drug-likeness (QED) is 0.719. The highest BCUT2D eigenvalue weighted by atomic mass is 32.1. The van der Waals surface area contributed by atoms with Gasteiger partial charge in [0.25, 0.3) is 0 Å². The van der Waals surface area contributed by atoms with Gasteiger partial charge in [-0.05, 0) is 85.9 Å². The molecule has 0 N–H and O–H groups in total. The summed E-state index contributed by atoms with van der Waals surface area (Å²) in [5, 5.41) is 2.02. The van der Waals surface area contributed by atoms with E-state index in [1.807, 2.05) is 5.38 Å². The van der Waals surface area contributed by atoms with E-state index < -0.39 is 0 Å². The Morgan fingerprint density at radius 2 is 1.45 bits per heavy atom.